The second-order valence-electron chi connectivity index (χ2n) is 6.32. The third-order valence-electron chi connectivity index (χ3n) is 3.86. The highest BCUT2D eigenvalue weighted by atomic mass is 19.4. The molecule has 2 heterocycles. The number of aromatic nitrogens is 5. The number of alkyl halides is 3. The first-order chi connectivity index (χ1) is 12.7. The highest BCUT2D eigenvalue weighted by molar-refractivity contribution is 5.91. The monoisotopic (exact) mass is 381 g/mol. The number of nitrogens with one attached hydrogen (secondary N) is 3. The first-order valence-electron chi connectivity index (χ1n) is 8.19. The van der Waals surface area contributed by atoms with Crippen LogP contribution in [0, 0.1) is 12.8 Å². The summed E-state index contributed by atoms with van der Waals surface area (Å²) in [6.07, 6.45) is -4.47. The molecule has 1 atom stereocenters. The molecule has 2 aromatic heterocycles. The number of fused-ring (bicyclic) bond motifs is 1. The molecular formula is C16H18F3N7O. The summed E-state index contributed by atoms with van der Waals surface area (Å²) in [5, 5.41) is 19.5. The van der Waals surface area contributed by atoms with E-state index < -0.39 is 17.9 Å². The van der Waals surface area contributed by atoms with Crippen molar-refractivity contribution in [3.8, 4) is 0 Å². The second-order valence-corrected chi connectivity index (χ2v) is 6.32. The molecule has 0 fully saturated rings. The molecule has 0 saturated carbocycles. The van der Waals surface area contributed by atoms with E-state index in [9.17, 15) is 18.0 Å². The normalized spacial score (nSPS) is 12.9. The van der Waals surface area contributed by atoms with E-state index in [0.29, 0.717) is 22.4 Å². The van der Waals surface area contributed by atoms with Gasteiger partial charge in [-0.15, -0.1) is 0 Å². The van der Waals surface area contributed by atoms with Crippen LogP contribution in [0.2, 0.25) is 0 Å². The first-order valence-corrected chi connectivity index (χ1v) is 8.19. The average molecular weight is 381 g/mol. The molecule has 8 nitrogen and oxygen atoms in total. The number of halogens is 3. The third-order valence-corrected chi connectivity index (χ3v) is 3.86. The molecule has 0 aliphatic carbocycles. The number of hydrogen-bond donors (Lipinski definition) is 3. The minimum absolute atomic E-state index is 0.0356. The largest absolute Gasteiger partial charge is 0.433 e. The zero-order chi connectivity index (χ0) is 19.6. The lowest BCUT2D eigenvalue weighted by Crippen LogP contribution is -2.34. The van der Waals surface area contributed by atoms with E-state index in [1.807, 2.05) is 0 Å². The Morgan fingerprint density at radius 3 is 2.74 bits per heavy atom. The number of carbonyl (C=O) groups is 1. The number of benzene rings is 1. The first kappa shape index (κ1) is 18.7. The number of aryl methyl sites for hydroxylation is 1. The van der Waals surface area contributed by atoms with Gasteiger partial charge in [0, 0.05) is 18.8 Å². The van der Waals surface area contributed by atoms with Crippen LogP contribution in [0.25, 0.3) is 11.0 Å². The highest BCUT2D eigenvalue weighted by Gasteiger charge is 2.35. The Morgan fingerprint density at radius 2 is 2.00 bits per heavy atom. The highest BCUT2D eigenvalue weighted by Crippen LogP contribution is 2.30. The zero-order valence-electron chi connectivity index (χ0n) is 14.6. The summed E-state index contributed by atoms with van der Waals surface area (Å²) in [6.45, 7) is 3.47. The van der Waals surface area contributed by atoms with Gasteiger partial charge in [0.15, 0.2) is 0 Å². The molecule has 0 spiro atoms. The number of nitrogens with zero attached hydrogens (tertiary/aromatic N) is 4. The SMILES string of the molecule is Cc1cc(C(F)(F)F)n(CC(C)CNC(=O)Nc2ccc3n[nH]nc3c2)n1. The number of carbonyl (C=O) groups excluding carboxylic acids is 1. The summed E-state index contributed by atoms with van der Waals surface area (Å²) in [4.78, 5) is 12.0. The van der Waals surface area contributed by atoms with Crippen molar-refractivity contribution in [3.05, 3.63) is 35.7 Å². The van der Waals surface area contributed by atoms with Gasteiger partial charge in [0.2, 0.25) is 0 Å². The van der Waals surface area contributed by atoms with E-state index in [-0.39, 0.29) is 19.0 Å². The molecule has 3 aromatic rings. The van der Waals surface area contributed by atoms with Crippen molar-refractivity contribution in [2.24, 2.45) is 5.92 Å². The molecule has 3 N–H and O–H groups in total. The maximum absolute atomic E-state index is 13.0. The maximum Gasteiger partial charge on any atom is 0.433 e. The lowest BCUT2D eigenvalue weighted by Gasteiger charge is -2.16. The molecule has 0 bridgehead atoms. The number of aromatic amines is 1. The van der Waals surface area contributed by atoms with Gasteiger partial charge in [0.05, 0.1) is 5.69 Å². The molecule has 11 heteroatoms. The molecule has 1 unspecified atom stereocenters. The van der Waals surface area contributed by atoms with E-state index in [1.165, 1.54) is 6.92 Å². The number of amides is 2. The number of hydrogen-bond acceptors (Lipinski definition) is 4. The van der Waals surface area contributed by atoms with Crippen molar-refractivity contribution in [3.63, 3.8) is 0 Å². The minimum atomic E-state index is -4.47. The third kappa shape index (κ3) is 4.54. The molecule has 0 radical (unpaired) electrons. The zero-order valence-corrected chi connectivity index (χ0v) is 14.6. The number of H-pyrrole nitrogens is 1. The van der Waals surface area contributed by atoms with Crippen LogP contribution in [-0.4, -0.2) is 37.8 Å². The van der Waals surface area contributed by atoms with Gasteiger partial charge in [0.1, 0.15) is 16.7 Å². The van der Waals surface area contributed by atoms with Gasteiger partial charge >= 0.3 is 12.2 Å². The van der Waals surface area contributed by atoms with Gasteiger partial charge in [-0.25, -0.2) is 4.79 Å². The Bertz CT molecular complexity index is 947. The Hall–Kier alpha value is -3.11. The fraction of sp³-hybridized carbons (Fsp3) is 0.375. The number of anilines is 1. The van der Waals surface area contributed by atoms with E-state index in [2.05, 4.69) is 31.1 Å². The van der Waals surface area contributed by atoms with Crippen LogP contribution in [0.15, 0.2) is 24.3 Å². The molecule has 3 rings (SSSR count). The topological polar surface area (TPSA) is 101 Å². The summed E-state index contributed by atoms with van der Waals surface area (Å²) in [5.74, 6) is -0.255. The Kier molecular flexibility index (Phi) is 5.02. The Labute approximate surface area is 152 Å². The standard InChI is InChI=1S/C16H18F3N7O/c1-9(8-26-14(16(17,18)19)5-10(2)24-26)7-20-15(27)21-11-3-4-12-13(6-11)23-25-22-12/h3-6,9H,7-8H2,1-2H3,(H2,20,21,27)(H,22,23,25). The molecule has 1 aromatic carbocycles. The van der Waals surface area contributed by atoms with Crippen molar-refractivity contribution in [2.45, 2.75) is 26.6 Å². The summed E-state index contributed by atoms with van der Waals surface area (Å²) in [7, 11) is 0. The van der Waals surface area contributed by atoms with Crippen LogP contribution in [0.4, 0.5) is 23.7 Å². The molecule has 0 saturated heterocycles. The van der Waals surface area contributed by atoms with Crippen molar-refractivity contribution in [1.82, 2.24) is 30.5 Å². The molecular weight excluding hydrogens is 363 g/mol. The van der Waals surface area contributed by atoms with E-state index in [1.54, 1.807) is 25.1 Å². The predicted molar refractivity (Wildman–Crippen MR) is 92.0 cm³/mol. The average Bonchev–Trinajstić information content (AvgIpc) is 3.18. The molecule has 144 valence electrons. The summed E-state index contributed by atoms with van der Waals surface area (Å²) in [6, 6.07) is 5.58. The van der Waals surface area contributed by atoms with E-state index >= 15 is 0 Å². The van der Waals surface area contributed by atoms with Crippen molar-refractivity contribution >= 4 is 22.8 Å². The van der Waals surface area contributed by atoms with Gasteiger partial charge in [-0.05, 0) is 37.1 Å². The lowest BCUT2D eigenvalue weighted by molar-refractivity contribution is -0.144. The fourth-order valence-corrected chi connectivity index (χ4v) is 2.63. The van der Waals surface area contributed by atoms with Gasteiger partial charge in [-0.1, -0.05) is 6.92 Å². The predicted octanol–water partition coefficient (Wildman–Crippen LogP) is 2.94. The maximum atomic E-state index is 13.0. The second kappa shape index (κ2) is 7.25. The van der Waals surface area contributed by atoms with Crippen LogP contribution < -0.4 is 10.6 Å². The smallest absolute Gasteiger partial charge is 0.338 e. The van der Waals surface area contributed by atoms with Crippen LogP contribution in [0.3, 0.4) is 0 Å². The van der Waals surface area contributed by atoms with Crippen molar-refractivity contribution < 1.29 is 18.0 Å². The van der Waals surface area contributed by atoms with Crippen LogP contribution >= 0.6 is 0 Å². The number of urea groups is 1. The molecule has 0 aliphatic heterocycles. The Balaban J connectivity index is 1.54. The van der Waals surface area contributed by atoms with Crippen LogP contribution in [0.5, 0.6) is 0 Å². The summed E-state index contributed by atoms with van der Waals surface area (Å²) >= 11 is 0. The van der Waals surface area contributed by atoms with E-state index in [4.69, 9.17) is 0 Å². The molecule has 0 aliphatic rings. The van der Waals surface area contributed by atoms with Crippen LogP contribution in [0.1, 0.15) is 18.3 Å². The fourth-order valence-electron chi connectivity index (χ4n) is 2.63. The summed E-state index contributed by atoms with van der Waals surface area (Å²) < 4.78 is 39.9. The Morgan fingerprint density at radius 1 is 1.26 bits per heavy atom. The van der Waals surface area contributed by atoms with Crippen LogP contribution in [-0.2, 0) is 12.7 Å². The van der Waals surface area contributed by atoms with Crippen molar-refractivity contribution in [2.75, 3.05) is 11.9 Å². The van der Waals surface area contributed by atoms with Gasteiger partial charge in [0.25, 0.3) is 0 Å². The van der Waals surface area contributed by atoms with E-state index in [0.717, 1.165) is 10.7 Å². The lowest BCUT2D eigenvalue weighted by atomic mass is 10.2. The van der Waals surface area contributed by atoms with Gasteiger partial charge in [-0.3, -0.25) is 4.68 Å². The molecule has 2 amide bonds. The van der Waals surface area contributed by atoms with Gasteiger partial charge < -0.3 is 10.6 Å². The summed E-state index contributed by atoms with van der Waals surface area (Å²) in [5.41, 5.74) is 1.31. The molecule has 27 heavy (non-hydrogen) atoms. The quantitative estimate of drug-likeness (QED) is 0.633. The van der Waals surface area contributed by atoms with Gasteiger partial charge in [-0.2, -0.15) is 33.7 Å². The minimum Gasteiger partial charge on any atom is -0.338 e. The van der Waals surface area contributed by atoms with Crippen molar-refractivity contribution in [1.29, 1.82) is 0 Å². The number of rotatable bonds is 5.